The first-order valence-corrected chi connectivity index (χ1v) is 12.6. The first-order chi connectivity index (χ1) is 16.9. The number of nitrogens with zero attached hydrogens (tertiary/aromatic N) is 2. The molecule has 192 valence electrons. The number of aromatic nitrogens is 2. The summed E-state index contributed by atoms with van der Waals surface area (Å²) in [5, 5.41) is 3.34. The maximum Gasteiger partial charge on any atom is 0.446 e. The normalized spacial score (nSPS) is 20.1. The van der Waals surface area contributed by atoms with Gasteiger partial charge in [0.2, 0.25) is 5.95 Å². The van der Waals surface area contributed by atoms with Crippen molar-refractivity contribution in [2.24, 2.45) is 11.3 Å². The van der Waals surface area contributed by atoms with E-state index in [1.807, 2.05) is 18.2 Å². The van der Waals surface area contributed by atoms with Gasteiger partial charge in [0.05, 0.1) is 18.1 Å². The van der Waals surface area contributed by atoms with E-state index in [1.54, 1.807) is 18.2 Å². The van der Waals surface area contributed by atoms with Gasteiger partial charge >= 0.3 is 11.5 Å². The molecule has 0 aliphatic heterocycles. The summed E-state index contributed by atoms with van der Waals surface area (Å²) >= 11 is -0.133. The molecule has 1 heterocycles. The lowest BCUT2D eigenvalue weighted by atomic mass is 9.70. The fourth-order valence-corrected chi connectivity index (χ4v) is 5.81. The molecule has 36 heavy (non-hydrogen) atoms. The fraction of sp³-hybridized carbons (Fsp3) is 0.407. The molecule has 0 amide bonds. The van der Waals surface area contributed by atoms with Crippen LogP contribution in [0.15, 0.2) is 53.4 Å². The number of esters is 1. The molecule has 1 aliphatic rings. The van der Waals surface area contributed by atoms with Gasteiger partial charge in [-0.05, 0) is 90.4 Å². The molecule has 0 bridgehead atoms. The van der Waals surface area contributed by atoms with E-state index in [2.05, 4.69) is 35.4 Å². The Hall–Kier alpha value is -2.94. The van der Waals surface area contributed by atoms with Crippen LogP contribution in [0.25, 0.3) is 17.1 Å². The van der Waals surface area contributed by atoms with Crippen molar-refractivity contribution in [3.63, 3.8) is 0 Å². The molecule has 5 nitrogen and oxygen atoms in total. The molecule has 1 saturated carbocycles. The number of methoxy groups -OCH3 is 1. The lowest BCUT2D eigenvalue weighted by Crippen LogP contribution is -2.29. The molecule has 1 fully saturated rings. The molecular formula is C27H30F3N3O2S. The third-order valence-corrected chi connectivity index (χ3v) is 7.14. The number of benzene rings is 2. The number of hydrogen-bond acceptors (Lipinski definition) is 5. The van der Waals surface area contributed by atoms with Gasteiger partial charge in [-0.1, -0.05) is 26.8 Å². The molecule has 0 saturated heterocycles. The average Bonchev–Trinajstić information content (AvgIpc) is 3.13. The van der Waals surface area contributed by atoms with E-state index in [-0.39, 0.29) is 28.1 Å². The van der Waals surface area contributed by atoms with Gasteiger partial charge in [-0.3, -0.25) is 0 Å². The average molecular weight is 518 g/mol. The van der Waals surface area contributed by atoms with Gasteiger partial charge in [0.1, 0.15) is 0 Å². The van der Waals surface area contributed by atoms with Crippen molar-refractivity contribution in [3.8, 4) is 0 Å². The molecule has 1 aromatic heterocycles. The Kier molecular flexibility index (Phi) is 7.41. The summed E-state index contributed by atoms with van der Waals surface area (Å²) in [5.74, 6) is 0.753. The van der Waals surface area contributed by atoms with E-state index in [0.29, 0.717) is 17.6 Å². The van der Waals surface area contributed by atoms with Gasteiger partial charge < -0.3 is 14.6 Å². The molecular weight excluding hydrogens is 487 g/mol. The van der Waals surface area contributed by atoms with Gasteiger partial charge in [-0.15, -0.1) is 0 Å². The van der Waals surface area contributed by atoms with Crippen LogP contribution in [-0.4, -0.2) is 28.1 Å². The van der Waals surface area contributed by atoms with E-state index >= 15 is 0 Å². The lowest BCUT2D eigenvalue weighted by molar-refractivity contribution is -0.134. The standard InChI is InChI=1S/C27H30F3N3O2S/c1-17-13-20(16-26(2,3)15-17)33-23-11-5-18(6-12-24(34)35-4)14-22(23)32-25(33)31-19-7-9-21(10-8-19)36-27(28,29)30/h5-12,14,17,20H,13,15-16H2,1-4H3,(H,31,32)/b12-6+/t17-,20+/m1/s1. The highest BCUT2D eigenvalue weighted by atomic mass is 32.2. The zero-order chi connectivity index (χ0) is 26.1. The number of rotatable bonds is 6. The van der Waals surface area contributed by atoms with Crippen LogP contribution in [0.2, 0.25) is 0 Å². The molecule has 1 aliphatic carbocycles. The Labute approximate surface area is 213 Å². The van der Waals surface area contributed by atoms with Crippen molar-refractivity contribution in [2.45, 2.75) is 56.5 Å². The second-order valence-electron chi connectivity index (χ2n) is 10.2. The fourth-order valence-electron chi connectivity index (χ4n) is 5.27. The van der Waals surface area contributed by atoms with E-state index in [9.17, 15) is 18.0 Å². The number of thioether (sulfide) groups is 1. The van der Waals surface area contributed by atoms with Crippen molar-refractivity contribution >= 4 is 46.5 Å². The SMILES string of the molecule is COC(=O)/C=C/c1ccc2c(c1)nc(Nc1ccc(SC(F)(F)F)cc1)n2[C@H]1C[C@@H](C)CC(C)(C)C1. The summed E-state index contributed by atoms with van der Waals surface area (Å²) in [6.07, 6.45) is 6.19. The quantitative estimate of drug-likeness (QED) is 0.204. The second kappa shape index (κ2) is 10.2. The number of ether oxygens (including phenoxy) is 1. The molecule has 0 radical (unpaired) electrons. The number of halogens is 3. The zero-order valence-electron chi connectivity index (χ0n) is 20.7. The number of imidazole rings is 1. The van der Waals surface area contributed by atoms with Crippen LogP contribution in [0.3, 0.4) is 0 Å². The minimum Gasteiger partial charge on any atom is -0.466 e. The summed E-state index contributed by atoms with van der Waals surface area (Å²) < 4.78 is 45.0. The number of fused-ring (bicyclic) bond motifs is 1. The molecule has 0 unspecified atom stereocenters. The number of nitrogens with one attached hydrogen (secondary N) is 1. The molecule has 0 spiro atoms. The van der Waals surface area contributed by atoms with Crippen molar-refractivity contribution in [2.75, 3.05) is 12.4 Å². The van der Waals surface area contributed by atoms with Crippen LogP contribution in [-0.2, 0) is 9.53 Å². The third kappa shape index (κ3) is 6.43. The summed E-state index contributed by atoms with van der Waals surface area (Å²) in [5.41, 5.74) is -0.942. The first kappa shape index (κ1) is 26.1. The van der Waals surface area contributed by atoms with Crippen LogP contribution in [0.4, 0.5) is 24.8 Å². The molecule has 2 aromatic carbocycles. The minimum atomic E-state index is -4.33. The highest BCUT2D eigenvalue weighted by Crippen LogP contribution is 2.46. The minimum absolute atomic E-state index is 0.131. The van der Waals surface area contributed by atoms with Gasteiger partial charge in [-0.25, -0.2) is 9.78 Å². The molecule has 3 aromatic rings. The highest BCUT2D eigenvalue weighted by Gasteiger charge is 2.34. The summed E-state index contributed by atoms with van der Waals surface area (Å²) in [6, 6.07) is 12.2. The van der Waals surface area contributed by atoms with E-state index in [4.69, 9.17) is 4.98 Å². The topological polar surface area (TPSA) is 56.1 Å². The zero-order valence-corrected chi connectivity index (χ0v) is 21.5. The predicted octanol–water partition coefficient (Wildman–Crippen LogP) is 7.97. The number of alkyl halides is 3. The summed E-state index contributed by atoms with van der Waals surface area (Å²) in [7, 11) is 1.33. The number of carbonyl (C=O) groups is 1. The Morgan fingerprint density at radius 3 is 2.56 bits per heavy atom. The Morgan fingerprint density at radius 1 is 1.19 bits per heavy atom. The van der Waals surface area contributed by atoms with Crippen molar-refractivity contribution in [3.05, 3.63) is 54.1 Å². The largest absolute Gasteiger partial charge is 0.466 e. The van der Waals surface area contributed by atoms with Gasteiger partial charge in [-0.2, -0.15) is 13.2 Å². The monoisotopic (exact) mass is 517 g/mol. The third-order valence-electron chi connectivity index (χ3n) is 6.40. The molecule has 1 N–H and O–H groups in total. The highest BCUT2D eigenvalue weighted by molar-refractivity contribution is 8.00. The van der Waals surface area contributed by atoms with Crippen molar-refractivity contribution < 1.29 is 22.7 Å². The Bertz CT molecular complexity index is 1270. The van der Waals surface area contributed by atoms with Crippen LogP contribution in [0.1, 0.15) is 51.6 Å². The van der Waals surface area contributed by atoms with Crippen molar-refractivity contribution in [1.29, 1.82) is 0 Å². The number of anilines is 2. The summed E-state index contributed by atoms with van der Waals surface area (Å²) in [6.45, 7) is 6.84. The molecule has 4 rings (SSSR count). The van der Waals surface area contributed by atoms with Crippen molar-refractivity contribution in [1.82, 2.24) is 9.55 Å². The number of carbonyl (C=O) groups excluding carboxylic acids is 1. The van der Waals surface area contributed by atoms with E-state index in [0.717, 1.165) is 35.9 Å². The van der Waals surface area contributed by atoms with Gasteiger partial charge in [0, 0.05) is 22.7 Å². The maximum atomic E-state index is 12.7. The van der Waals surface area contributed by atoms with Gasteiger partial charge in [0.15, 0.2) is 0 Å². The number of hydrogen-bond donors (Lipinski definition) is 1. The molecule has 9 heteroatoms. The van der Waals surface area contributed by atoms with E-state index in [1.165, 1.54) is 25.3 Å². The van der Waals surface area contributed by atoms with Gasteiger partial charge in [0.25, 0.3) is 0 Å². The van der Waals surface area contributed by atoms with Crippen LogP contribution in [0.5, 0.6) is 0 Å². The second-order valence-corrected chi connectivity index (χ2v) is 11.3. The predicted molar refractivity (Wildman–Crippen MR) is 138 cm³/mol. The van der Waals surface area contributed by atoms with E-state index < -0.39 is 11.5 Å². The van der Waals surface area contributed by atoms with Crippen LogP contribution >= 0.6 is 11.8 Å². The first-order valence-electron chi connectivity index (χ1n) is 11.8. The smallest absolute Gasteiger partial charge is 0.446 e. The Balaban J connectivity index is 1.72. The van der Waals surface area contributed by atoms with Crippen LogP contribution < -0.4 is 5.32 Å². The summed E-state index contributed by atoms with van der Waals surface area (Å²) in [4.78, 5) is 16.5. The molecule has 2 atom stereocenters. The maximum absolute atomic E-state index is 12.7. The Morgan fingerprint density at radius 2 is 1.92 bits per heavy atom. The lowest BCUT2D eigenvalue weighted by Gasteiger charge is -2.40. The van der Waals surface area contributed by atoms with Crippen LogP contribution in [0, 0.1) is 11.3 Å².